The van der Waals surface area contributed by atoms with Gasteiger partial charge >= 0.3 is 0 Å². The summed E-state index contributed by atoms with van der Waals surface area (Å²) in [6.07, 6.45) is 0. The number of ether oxygens (including phenoxy) is 1. The minimum absolute atomic E-state index is 0.141. The standard InChI is InChI=1S/C16H17ClN2O3S/c17-13-2-1-3-16(12-13)23(20,21)18-14-4-6-15(7-5-14)19-8-10-22-11-9-19/h1-7,12,18H,8-11H2. The van der Waals surface area contributed by atoms with Gasteiger partial charge in [-0.1, -0.05) is 17.7 Å². The number of nitrogens with zero attached hydrogens (tertiary/aromatic N) is 1. The van der Waals surface area contributed by atoms with Gasteiger partial charge in [-0.25, -0.2) is 8.42 Å². The first-order valence-corrected chi connectivity index (χ1v) is 9.12. The molecule has 1 fully saturated rings. The lowest BCUT2D eigenvalue weighted by atomic mass is 10.2. The second-order valence-electron chi connectivity index (χ2n) is 5.21. The number of sulfonamides is 1. The minimum atomic E-state index is -3.64. The van der Waals surface area contributed by atoms with Crippen LogP contribution >= 0.6 is 11.6 Å². The van der Waals surface area contributed by atoms with Gasteiger partial charge in [0.1, 0.15) is 0 Å². The van der Waals surface area contributed by atoms with Gasteiger partial charge in [0.15, 0.2) is 0 Å². The number of hydrogen-bond donors (Lipinski definition) is 1. The third-order valence-corrected chi connectivity index (χ3v) is 5.22. The van der Waals surface area contributed by atoms with Gasteiger partial charge in [0.2, 0.25) is 0 Å². The molecule has 0 spiro atoms. The Morgan fingerprint density at radius 3 is 2.39 bits per heavy atom. The molecule has 3 rings (SSSR count). The summed E-state index contributed by atoms with van der Waals surface area (Å²) < 4.78 is 32.6. The average molecular weight is 353 g/mol. The lowest BCUT2D eigenvalue weighted by molar-refractivity contribution is 0.122. The number of rotatable bonds is 4. The fourth-order valence-corrected chi connectivity index (χ4v) is 3.77. The summed E-state index contributed by atoms with van der Waals surface area (Å²) in [5.74, 6) is 0. The van der Waals surface area contributed by atoms with Gasteiger partial charge in [-0.15, -0.1) is 0 Å². The SMILES string of the molecule is O=S(=O)(Nc1ccc(N2CCOCC2)cc1)c1cccc(Cl)c1. The summed E-state index contributed by atoms with van der Waals surface area (Å²) in [4.78, 5) is 2.35. The summed E-state index contributed by atoms with van der Waals surface area (Å²) >= 11 is 5.85. The molecule has 0 bridgehead atoms. The van der Waals surface area contributed by atoms with E-state index in [1.165, 1.54) is 12.1 Å². The van der Waals surface area contributed by atoms with Gasteiger partial charge < -0.3 is 9.64 Å². The highest BCUT2D eigenvalue weighted by atomic mass is 35.5. The second-order valence-corrected chi connectivity index (χ2v) is 7.33. The molecule has 1 N–H and O–H groups in total. The summed E-state index contributed by atoms with van der Waals surface area (Å²) in [6.45, 7) is 3.10. The van der Waals surface area contributed by atoms with Crippen molar-refractivity contribution in [3.05, 3.63) is 53.6 Å². The molecule has 23 heavy (non-hydrogen) atoms. The molecular formula is C16H17ClN2O3S. The molecule has 1 aliphatic heterocycles. The van der Waals surface area contributed by atoms with E-state index in [1.54, 1.807) is 24.3 Å². The lowest BCUT2D eigenvalue weighted by Gasteiger charge is -2.28. The molecule has 0 atom stereocenters. The minimum Gasteiger partial charge on any atom is -0.378 e. The van der Waals surface area contributed by atoms with Crippen molar-refractivity contribution in [2.75, 3.05) is 35.9 Å². The fourth-order valence-electron chi connectivity index (χ4n) is 2.41. The molecule has 0 unspecified atom stereocenters. The van der Waals surface area contributed by atoms with E-state index in [1.807, 2.05) is 12.1 Å². The molecule has 2 aromatic carbocycles. The predicted molar refractivity (Wildman–Crippen MR) is 91.7 cm³/mol. The molecule has 1 saturated heterocycles. The molecule has 0 aromatic heterocycles. The van der Waals surface area contributed by atoms with Crippen molar-refractivity contribution in [1.82, 2.24) is 0 Å². The van der Waals surface area contributed by atoms with E-state index < -0.39 is 10.0 Å². The van der Waals surface area contributed by atoms with E-state index in [2.05, 4.69) is 9.62 Å². The number of morpholine rings is 1. The number of nitrogens with one attached hydrogen (secondary N) is 1. The molecule has 0 saturated carbocycles. The number of benzene rings is 2. The van der Waals surface area contributed by atoms with Crippen molar-refractivity contribution in [3.63, 3.8) is 0 Å². The highest BCUT2D eigenvalue weighted by Crippen LogP contribution is 2.22. The van der Waals surface area contributed by atoms with Gasteiger partial charge in [-0.2, -0.15) is 0 Å². The summed E-state index contributed by atoms with van der Waals surface area (Å²) in [5, 5.41) is 0.385. The van der Waals surface area contributed by atoms with Crippen molar-refractivity contribution in [2.45, 2.75) is 4.90 Å². The maximum absolute atomic E-state index is 12.3. The first-order chi connectivity index (χ1) is 11.0. The van der Waals surface area contributed by atoms with Crippen molar-refractivity contribution in [2.24, 2.45) is 0 Å². The van der Waals surface area contributed by atoms with E-state index >= 15 is 0 Å². The number of anilines is 2. The van der Waals surface area contributed by atoms with Crippen LogP contribution in [-0.2, 0) is 14.8 Å². The molecule has 5 nitrogen and oxygen atoms in total. The Morgan fingerprint density at radius 1 is 1.04 bits per heavy atom. The third-order valence-electron chi connectivity index (χ3n) is 3.60. The maximum Gasteiger partial charge on any atom is 0.261 e. The van der Waals surface area contributed by atoms with Crippen molar-refractivity contribution in [3.8, 4) is 0 Å². The van der Waals surface area contributed by atoms with E-state index in [0.29, 0.717) is 23.9 Å². The van der Waals surface area contributed by atoms with Crippen LogP contribution in [0.15, 0.2) is 53.4 Å². The van der Waals surface area contributed by atoms with E-state index in [9.17, 15) is 8.42 Å². The lowest BCUT2D eigenvalue weighted by Crippen LogP contribution is -2.36. The molecule has 1 heterocycles. The molecular weight excluding hydrogens is 336 g/mol. The molecule has 7 heteroatoms. The number of halogens is 1. The van der Waals surface area contributed by atoms with Crippen LogP contribution in [0.2, 0.25) is 5.02 Å². The van der Waals surface area contributed by atoms with Crippen LogP contribution in [0.1, 0.15) is 0 Å². The zero-order valence-electron chi connectivity index (χ0n) is 12.4. The Kier molecular flexibility index (Phi) is 4.75. The fraction of sp³-hybridized carbons (Fsp3) is 0.250. The summed E-state index contributed by atoms with van der Waals surface area (Å²) in [7, 11) is -3.64. The molecule has 0 radical (unpaired) electrons. The summed E-state index contributed by atoms with van der Waals surface area (Å²) in [6, 6.07) is 13.5. The molecule has 0 amide bonds. The Labute approximate surface area is 140 Å². The van der Waals surface area contributed by atoms with Crippen LogP contribution in [-0.4, -0.2) is 34.7 Å². The first kappa shape index (κ1) is 16.1. The van der Waals surface area contributed by atoms with Crippen LogP contribution in [0, 0.1) is 0 Å². The van der Waals surface area contributed by atoms with Gasteiger partial charge in [0.05, 0.1) is 18.1 Å². The molecule has 2 aromatic rings. The Bertz CT molecular complexity index is 772. The largest absolute Gasteiger partial charge is 0.378 e. The Hall–Kier alpha value is -1.76. The summed E-state index contributed by atoms with van der Waals surface area (Å²) in [5.41, 5.74) is 1.57. The zero-order chi connectivity index (χ0) is 16.3. The van der Waals surface area contributed by atoms with Gasteiger partial charge in [0.25, 0.3) is 10.0 Å². The highest BCUT2D eigenvalue weighted by molar-refractivity contribution is 7.92. The quantitative estimate of drug-likeness (QED) is 0.919. The van der Waals surface area contributed by atoms with Gasteiger partial charge in [-0.05, 0) is 42.5 Å². The Balaban J connectivity index is 1.75. The molecule has 122 valence electrons. The monoisotopic (exact) mass is 352 g/mol. The maximum atomic E-state index is 12.3. The van der Waals surface area contributed by atoms with Crippen molar-refractivity contribution >= 4 is 33.0 Å². The van der Waals surface area contributed by atoms with Crippen LogP contribution in [0.5, 0.6) is 0 Å². The smallest absolute Gasteiger partial charge is 0.261 e. The van der Waals surface area contributed by atoms with E-state index in [4.69, 9.17) is 16.3 Å². The number of hydrogen-bond acceptors (Lipinski definition) is 4. The molecule has 0 aliphatic carbocycles. The third kappa shape index (κ3) is 3.96. The van der Waals surface area contributed by atoms with Crippen molar-refractivity contribution < 1.29 is 13.2 Å². The predicted octanol–water partition coefficient (Wildman–Crippen LogP) is 2.98. The van der Waals surface area contributed by atoms with Crippen LogP contribution < -0.4 is 9.62 Å². The second kappa shape index (κ2) is 6.78. The zero-order valence-corrected chi connectivity index (χ0v) is 14.0. The van der Waals surface area contributed by atoms with Crippen LogP contribution in [0.25, 0.3) is 0 Å². The average Bonchev–Trinajstić information content (AvgIpc) is 2.56. The van der Waals surface area contributed by atoms with Crippen molar-refractivity contribution in [1.29, 1.82) is 0 Å². The topological polar surface area (TPSA) is 58.6 Å². The van der Waals surface area contributed by atoms with E-state index in [0.717, 1.165) is 18.8 Å². The normalized spacial score (nSPS) is 15.4. The van der Waals surface area contributed by atoms with Gasteiger partial charge in [0, 0.05) is 29.5 Å². The van der Waals surface area contributed by atoms with Gasteiger partial charge in [-0.3, -0.25) is 4.72 Å². The van der Waals surface area contributed by atoms with Crippen LogP contribution in [0.3, 0.4) is 0 Å². The Morgan fingerprint density at radius 2 is 1.74 bits per heavy atom. The first-order valence-electron chi connectivity index (χ1n) is 7.26. The highest BCUT2D eigenvalue weighted by Gasteiger charge is 2.15. The molecule has 1 aliphatic rings. The van der Waals surface area contributed by atoms with E-state index in [-0.39, 0.29) is 4.90 Å². The van der Waals surface area contributed by atoms with Crippen LogP contribution in [0.4, 0.5) is 11.4 Å².